The van der Waals surface area contributed by atoms with Crippen LogP contribution in [0.3, 0.4) is 0 Å². The molecule has 11 heteroatoms. The van der Waals surface area contributed by atoms with Crippen molar-refractivity contribution in [3.8, 4) is 34.8 Å². The van der Waals surface area contributed by atoms with Crippen LogP contribution in [0, 0.1) is 28.5 Å². The number of hydrogen-bond donors (Lipinski definition) is 3. The summed E-state index contributed by atoms with van der Waals surface area (Å²) in [5.41, 5.74) is 4.75. The molecule has 3 N–H and O–H groups in total. The van der Waals surface area contributed by atoms with Crippen LogP contribution < -0.4 is 14.8 Å². The van der Waals surface area contributed by atoms with E-state index in [0.29, 0.717) is 57.7 Å². The highest BCUT2D eigenvalue weighted by molar-refractivity contribution is 6.32. The second kappa shape index (κ2) is 13.5. The van der Waals surface area contributed by atoms with E-state index in [0.717, 1.165) is 11.1 Å². The molecular weight excluding hydrogens is 587 g/mol. The molecule has 0 fully saturated rings. The minimum absolute atomic E-state index is 0.0201. The van der Waals surface area contributed by atoms with Gasteiger partial charge in [0.25, 0.3) is 0 Å². The van der Waals surface area contributed by atoms with Crippen molar-refractivity contribution in [2.45, 2.75) is 38.1 Å². The zero-order chi connectivity index (χ0) is 31.2. The summed E-state index contributed by atoms with van der Waals surface area (Å²) in [5, 5.41) is 40.3. The number of nitrogens with zero attached hydrogens (tertiary/aromatic N) is 3. The van der Waals surface area contributed by atoms with Crippen molar-refractivity contribution >= 4 is 17.6 Å². The highest BCUT2D eigenvalue weighted by atomic mass is 35.5. The van der Waals surface area contributed by atoms with Crippen LogP contribution in [0.1, 0.15) is 45.9 Å². The monoisotopic (exact) mass is 612 g/mol. The van der Waals surface area contributed by atoms with Crippen molar-refractivity contribution in [2.24, 2.45) is 0 Å². The van der Waals surface area contributed by atoms with Crippen molar-refractivity contribution in [3.63, 3.8) is 0 Å². The van der Waals surface area contributed by atoms with Gasteiger partial charge in [0.1, 0.15) is 42.1 Å². The van der Waals surface area contributed by atoms with Crippen LogP contribution in [-0.2, 0) is 24.4 Å². The third-order valence-corrected chi connectivity index (χ3v) is 7.62. The molecule has 1 heterocycles. The van der Waals surface area contributed by atoms with Crippen LogP contribution in [0.4, 0.5) is 4.39 Å². The third-order valence-electron chi connectivity index (χ3n) is 7.32. The second-order valence-corrected chi connectivity index (χ2v) is 10.6. The first kappa shape index (κ1) is 30.5. The zero-order valence-electron chi connectivity index (χ0n) is 23.3. The highest BCUT2D eigenvalue weighted by Crippen LogP contribution is 2.43. The van der Waals surface area contributed by atoms with Crippen molar-refractivity contribution in [2.75, 3.05) is 6.61 Å². The molecule has 222 valence electrons. The average molecular weight is 613 g/mol. The fourth-order valence-electron chi connectivity index (χ4n) is 5.14. The number of pyridine rings is 1. The Morgan fingerprint density at radius 2 is 1.91 bits per heavy atom. The van der Waals surface area contributed by atoms with E-state index >= 15 is 0 Å². The number of aliphatic hydroxyl groups is 1. The van der Waals surface area contributed by atoms with Crippen molar-refractivity contribution in [3.05, 3.63) is 111 Å². The van der Waals surface area contributed by atoms with Gasteiger partial charge in [0.2, 0.25) is 0 Å². The third kappa shape index (κ3) is 6.64. The minimum Gasteiger partial charge on any atom is -0.488 e. The molecule has 0 spiro atoms. The lowest BCUT2D eigenvalue weighted by Crippen LogP contribution is -2.39. The molecule has 0 saturated heterocycles. The molecule has 1 aromatic heterocycles. The maximum Gasteiger partial charge on any atom is 0.323 e. The number of aliphatic hydroxyl groups excluding tert-OH is 1. The Morgan fingerprint density at radius 1 is 1.09 bits per heavy atom. The smallest absolute Gasteiger partial charge is 0.323 e. The summed E-state index contributed by atoms with van der Waals surface area (Å²) in [6.07, 6.45) is 3.83. The van der Waals surface area contributed by atoms with E-state index in [9.17, 15) is 29.9 Å². The molecule has 9 nitrogen and oxygen atoms in total. The lowest BCUT2D eigenvalue weighted by molar-refractivity contribution is -0.140. The van der Waals surface area contributed by atoms with Crippen LogP contribution in [0.5, 0.6) is 11.5 Å². The maximum atomic E-state index is 14.8. The van der Waals surface area contributed by atoms with Crippen LogP contribution in [-0.4, -0.2) is 33.8 Å². The topological polar surface area (TPSA) is 148 Å². The molecule has 4 aromatic rings. The van der Waals surface area contributed by atoms with E-state index in [1.54, 1.807) is 30.5 Å². The molecule has 1 aliphatic rings. The van der Waals surface area contributed by atoms with Gasteiger partial charge in [-0.05, 0) is 59.9 Å². The van der Waals surface area contributed by atoms with E-state index < -0.39 is 30.5 Å². The molecule has 0 amide bonds. The number of fused-ring (bicyclic) bond motifs is 1. The number of nitriles is 2. The highest BCUT2D eigenvalue weighted by Gasteiger charge is 2.28. The van der Waals surface area contributed by atoms with Gasteiger partial charge in [-0.2, -0.15) is 10.5 Å². The number of aromatic nitrogens is 1. The van der Waals surface area contributed by atoms with Gasteiger partial charge in [-0.15, -0.1) is 0 Å². The molecule has 0 radical (unpaired) electrons. The van der Waals surface area contributed by atoms with Gasteiger partial charge in [0, 0.05) is 41.7 Å². The molecule has 0 saturated carbocycles. The Bertz CT molecular complexity index is 1800. The lowest BCUT2D eigenvalue weighted by atomic mass is 9.95. The van der Waals surface area contributed by atoms with Crippen LogP contribution in [0.15, 0.2) is 67.0 Å². The van der Waals surface area contributed by atoms with Crippen molar-refractivity contribution in [1.82, 2.24) is 10.3 Å². The van der Waals surface area contributed by atoms with Gasteiger partial charge in [-0.25, -0.2) is 4.39 Å². The summed E-state index contributed by atoms with van der Waals surface area (Å²) in [6, 6.07) is 17.6. The number of benzene rings is 3. The Labute approximate surface area is 257 Å². The number of carboxylic acids is 1. The normalized spacial score (nSPS) is 14.2. The molecule has 2 atom stereocenters. The van der Waals surface area contributed by atoms with E-state index in [-0.39, 0.29) is 18.2 Å². The summed E-state index contributed by atoms with van der Waals surface area (Å²) < 4.78 is 27.3. The average Bonchev–Trinajstić information content (AvgIpc) is 3.45. The number of halogens is 2. The van der Waals surface area contributed by atoms with E-state index in [2.05, 4.69) is 16.4 Å². The molecule has 3 aromatic carbocycles. The van der Waals surface area contributed by atoms with E-state index in [1.165, 1.54) is 18.3 Å². The number of aliphatic carboxylic acids is 1. The van der Waals surface area contributed by atoms with E-state index in [4.69, 9.17) is 21.1 Å². The first-order chi connectivity index (χ1) is 21.3. The standard InChI is InChI=1S/C33H26ClFN4O5/c34-27-10-22(16-39-29(17-40)33(41)42)31(43-18-21-8-20(13-37)14-38-15-21)11-32(27)44-30-7-5-24-23(2-1-3-25(24)30)26-9-19(12-36)4-6-28(26)35/h1-4,6,8-11,14-15,29-30,39-40H,5,7,16-18H2,(H,41,42)/t29-,30-/m0/s1. The quantitative estimate of drug-likeness (QED) is 0.201. The van der Waals surface area contributed by atoms with E-state index in [1.807, 2.05) is 24.3 Å². The van der Waals surface area contributed by atoms with Crippen LogP contribution in [0.2, 0.25) is 5.02 Å². The molecule has 0 bridgehead atoms. The van der Waals surface area contributed by atoms with Gasteiger partial charge >= 0.3 is 5.97 Å². The summed E-state index contributed by atoms with van der Waals surface area (Å²) in [6.45, 7) is -0.533. The van der Waals surface area contributed by atoms with Crippen LogP contribution >= 0.6 is 11.6 Å². The Morgan fingerprint density at radius 3 is 2.66 bits per heavy atom. The number of carboxylic acid groups (broad SMARTS) is 1. The molecule has 1 aliphatic carbocycles. The van der Waals surface area contributed by atoms with Crippen molar-refractivity contribution < 1.29 is 28.9 Å². The van der Waals surface area contributed by atoms with Gasteiger partial charge in [0.05, 0.1) is 28.8 Å². The predicted octanol–water partition coefficient (Wildman–Crippen LogP) is 5.46. The Kier molecular flexibility index (Phi) is 9.37. The summed E-state index contributed by atoms with van der Waals surface area (Å²) in [4.78, 5) is 15.5. The molecule has 44 heavy (non-hydrogen) atoms. The van der Waals surface area contributed by atoms with Crippen LogP contribution in [0.25, 0.3) is 11.1 Å². The largest absolute Gasteiger partial charge is 0.488 e. The lowest BCUT2D eigenvalue weighted by Gasteiger charge is -2.20. The number of carbonyl (C=O) groups is 1. The fraction of sp³-hybridized carbons (Fsp3) is 0.212. The Hall–Kier alpha value is -5.00. The number of nitrogens with one attached hydrogen (secondary N) is 1. The molecule has 0 aliphatic heterocycles. The Balaban J connectivity index is 1.44. The van der Waals surface area contributed by atoms with Gasteiger partial charge in [0.15, 0.2) is 0 Å². The number of ether oxygens (including phenoxy) is 2. The summed E-state index contributed by atoms with van der Waals surface area (Å²) in [7, 11) is 0. The first-order valence-corrected chi connectivity index (χ1v) is 14.0. The predicted molar refractivity (Wildman–Crippen MR) is 158 cm³/mol. The number of hydrogen-bond acceptors (Lipinski definition) is 8. The molecule has 5 rings (SSSR count). The molecule has 0 unspecified atom stereocenters. The minimum atomic E-state index is -1.21. The zero-order valence-corrected chi connectivity index (χ0v) is 24.0. The van der Waals surface area contributed by atoms with Gasteiger partial charge in [-0.1, -0.05) is 29.8 Å². The summed E-state index contributed by atoms with van der Waals surface area (Å²) >= 11 is 6.66. The second-order valence-electron chi connectivity index (χ2n) is 10.2. The molecular formula is C33H26ClFN4O5. The first-order valence-electron chi connectivity index (χ1n) is 13.7. The maximum absolute atomic E-state index is 14.8. The number of rotatable bonds is 11. The van der Waals surface area contributed by atoms with Gasteiger partial charge < -0.3 is 19.7 Å². The van der Waals surface area contributed by atoms with Crippen molar-refractivity contribution in [1.29, 1.82) is 10.5 Å². The van der Waals surface area contributed by atoms with Gasteiger partial charge in [-0.3, -0.25) is 15.1 Å². The fourth-order valence-corrected chi connectivity index (χ4v) is 5.37. The summed E-state index contributed by atoms with van der Waals surface area (Å²) in [5.74, 6) is -0.951. The SMILES string of the molecule is N#Cc1cncc(COc2cc(O[C@H]3CCc4c(-c5cc(C#N)ccc5F)cccc43)c(Cl)cc2CN[C@@H](CO)C(=O)O)c1.